The Hall–Kier alpha value is -1.36. The summed E-state index contributed by atoms with van der Waals surface area (Å²) in [6, 6.07) is 7.27. The van der Waals surface area contributed by atoms with Crippen molar-refractivity contribution >= 4 is 23.5 Å². The second-order valence-electron chi connectivity index (χ2n) is 7.99. The minimum atomic E-state index is -0.432. The summed E-state index contributed by atoms with van der Waals surface area (Å²) in [6.07, 6.45) is 0.864. The van der Waals surface area contributed by atoms with Gasteiger partial charge in [0.2, 0.25) is 0 Å². The molecule has 0 aromatic heterocycles. The lowest BCUT2D eigenvalue weighted by Crippen LogP contribution is -2.49. The summed E-state index contributed by atoms with van der Waals surface area (Å²) in [7, 11) is 0. The number of hydrogen-bond acceptors (Lipinski definition) is 4. The number of ether oxygens (including phenoxy) is 1. The van der Waals surface area contributed by atoms with Crippen molar-refractivity contribution in [2.75, 3.05) is 30.3 Å². The van der Waals surface area contributed by atoms with Crippen LogP contribution >= 0.6 is 11.8 Å². The number of thioether (sulfide) groups is 1. The molecule has 0 aliphatic carbocycles. The Morgan fingerprint density at radius 2 is 2.12 bits per heavy atom. The van der Waals surface area contributed by atoms with E-state index in [-0.39, 0.29) is 6.09 Å². The van der Waals surface area contributed by atoms with Crippen molar-refractivity contribution in [1.29, 1.82) is 0 Å². The van der Waals surface area contributed by atoms with Crippen molar-refractivity contribution < 1.29 is 9.53 Å². The first-order chi connectivity index (χ1) is 11.4. The number of para-hydroxylation sites is 1. The number of fused-ring (bicyclic) bond motifs is 3. The number of likely N-dealkylation sites (tertiary alicyclic amines) is 1. The SMILES string of the molecule is CC(C)(C)OC(=O)N1CC[C@H]2[C@@H](C1)c1cccc3c1N2CCSC3. The third-order valence-electron chi connectivity index (χ3n) is 5.20. The van der Waals surface area contributed by atoms with E-state index in [1.165, 1.54) is 22.6 Å². The third-order valence-corrected chi connectivity index (χ3v) is 6.19. The number of carbonyl (C=O) groups excluding carboxylic acids is 1. The van der Waals surface area contributed by atoms with Gasteiger partial charge < -0.3 is 14.5 Å². The van der Waals surface area contributed by atoms with Crippen molar-refractivity contribution in [3.63, 3.8) is 0 Å². The van der Waals surface area contributed by atoms with E-state index in [0.717, 1.165) is 31.8 Å². The van der Waals surface area contributed by atoms with Crippen molar-refractivity contribution in [2.24, 2.45) is 0 Å². The molecule has 0 bridgehead atoms. The third kappa shape index (κ3) is 2.77. The minimum Gasteiger partial charge on any atom is -0.444 e. The maximum Gasteiger partial charge on any atom is 0.410 e. The first-order valence-electron chi connectivity index (χ1n) is 8.88. The standard InChI is InChI=1S/C19H26N2O2S/c1-19(2,3)23-18(22)20-8-7-16-15(11-20)14-6-4-5-13-12-24-10-9-21(16)17(13)14/h4-6,15-16H,7-12H2,1-3H3/t15-,16-/m0/s1. The Labute approximate surface area is 148 Å². The van der Waals surface area contributed by atoms with Gasteiger partial charge in [0.05, 0.1) is 0 Å². The fourth-order valence-corrected chi connectivity index (χ4v) is 5.20. The molecule has 1 aromatic rings. The van der Waals surface area contributed by atoms with Gasteiger partial charge in [-0.15, -0.1) is 0 Å². The van der Waals surface area contributed by atoms with Crippen molar-refractivity contribution in [3.8, 4) is 0 Å². The van der Waals surface area contributed by atoms with Gasteiger partial charge in [-0.05, 0) is 38.3 Å². The zero-order valence-corrected chi connectivity index (χ0v) is 15.6. The number of hydrogen-bond donors (Lipinski definition) is 0. The molecule has 130 valence electrons. The lowest BCUT2D eigenvalue weighted by Gasteiger charge is -2.39. The fourth-order valence-electron chi connectivity index (χ4n) is 4.28. The molecular weight excluding hydrogens is 320 g/mol. The van der Waals surface area contributed by atoms with Gasteiger partial charge >= 0.3 is 6.09 Å². The molecular formula is C19H26N2O2S. The summed E-state index contributed by atoms with van der Waals surface area (Å²) in [5.41, 5.74) is 3.93. The number of anilines is 1. The molecule has 0 spiro atoms. The lowest BCUT2D eigenvalue weighted by molar-refractivity contribution is 0.0189. The predicted molar refractivity (Wildman–Crippen MR) is 98.9 cm³/mol. The first-order valence-corrected chi connectivity index (χ1v) is 10.0. The molecule has 0 N–H and O–H groups in total. The molecule has 24 heavy (non-hydrogen) atoms. The van der Waals surface area contributed by atoms with E-state index in [0.29, 0.717) is 12.0 Å². The van der Waals surface area contributed by atoms with E-state index in [1.54, 1.807) is 0 Å². The highest BCUT2D eigenvalue weighted by Gasteiger charge is 2.44. The molecule has 5 heteroatoms. The topological polar surface area (TPSA) is 32.8 Å². The Bertz CT molecular complexity index is 655. The summed E-state index contributed by atoms with van der Waals surface area (Å²) in [5.74, 6) is 2.71. The number of amides is 1. The summed E-state index contributed by atoms with van der Waals surface area (Å²) < 4.78 is 5.59. The smallest absolute Gasteiger partial charge is 0.410 e. The monoisotopic (exact) mass is 346 g/mol. The van der Waals surface area contributed by atoms with E-state index >= 15 is 0 Å². The summed E-state index contributed by atoms with van der Waals surface area (Å²) in [6.45, 7) is 8.49. The van der Waals surface area contributed by atoms with Crippen LogP contribution in [0.4, 0.5) is 10.5 Å². The van der Waals surface area contributed by atoms with Gasteiger partial charge in [-0.2, -0.15) is 11.8 Å². The average Bonchev–Trinajstić information content (AvgIpc) is 2.69. The second kappa shape index (κ2) is 5.87. The van der Waals surface area contributed by atoms with Gasteiger partial charge in [0, 0.05) is 48.8 Å². The van der Waals surface area contributed by atoms with Gasteiger partial charge in [-0.3, -0.25) is 0 Å². The first kappa shape index (κ1) is 16.1. The van der Waals surface area contributed by atoms with Gasteiger partial charge in [-0.25, -0.2) is 4.79 Å². The zero-order chi connectivity index (χ0) is 16.9. The Morgan fingerprint density at radius 3 is 2.92 bits per heavy atom. The maximum absolute atomic E-state index is 12.5. The Morgan fingerprint density at radius 1 is 1.29 bits per heavy atom. The molecule has 0 radical (unpaired) electrons. The van der Waals surface area contributed by atoms with Crippen LogP contribution in [-0.2, 0) is 10.5 Å². The van der Waals surface area contributed by atoms with Crippen LogP contribution in [0.2, 0.25) is 0 Å². The number of rotatable bonds is 0. The van der Waals surface area contributed by atoms with Crippen LogP contribution in [0.1, 0.15) is 44.2 Å². The molecule has 4 nitrogen and oxygen atoms in total. The van der Waals surface area contributed by atoms with Crippen LogP contribution < -0.4 is 4.90 Å². The highest BCUT2D eigenvalue weighted by molar-refractivity contribution is 7.98. The van der Waals surface area contributed by atoms with E-state index < -0.39 is 5.60 Å². The lowest BCUT2D eigenvalue weighted by atomic mass is 9.89. The Kier molecular flexibility index (Phi) is 3.94. The largest absolute Gasteiger partial charge is 0.444 e. The van der Waals surface area contributed by atoms with E-state index in [9.17, 15) is 4.79 Å². The van der Waals surface area contributed by atoms with E-state index in [1.807, 2.05) is 37.4 Å². The van der Waals surface area contributed by atoms with E-state index in [2.05, 4.69) is 23.1 Å². The average molecular weight is 346 g/mol. The zero-order valence-electron chi connectivity index (χ0n) is 14.7. The molecule has 1 amide bonds. The second-order valence-corrected chi connectivity index (χ2v) is 9.09. The highest BCUT2D eigenvalue weighted by Crippen LogP contribution is 2.48. The number of nitrogens with zero attached hydrogens (tertiary/aromatic N) is 2. The molecule has 3 aliphatic heterocycles. The van der Waals surface area contributed by atoms with Gasteiger partial charge in [0.25, 0.3) is 0 Å². The molecule has 1 saturated heterocycles. The summed E-state index contributed by atoms with van der Waals surface area (Å²) >= 11 is 2.03. The van der Waals surface area contributed by atoms with Crippen LogP contribution in [0.25, 0.3) is 0 Å². The summed E-state index contributed by atoms with van der Waals surface area (Å²) in [4.78, 5) is 17.0. The maximum atomic E-state index is 12.5. The van der Waals surface area contributed by atoms with Crippen LogP contribution in [0.3, 0.4) is 0 Å². The molecule has 0 saturated carbocycles. The normalized spacial score (nSPS) is 25.8. The molecule has 3 heterocycles. The van der Waals surface area contributed by atoms with Gasteiger partial charge in [0.15, 0.2) is 0 Å². The molecule has 2 atom stereocenters. The van der Waals surface area contributed by atoms with Crippen LogP contribution in [0, 0.1) is 0 Å². The molecule has 1 aromatic carbocycles. The molecule has 4 rings (SSSR count). The highest BCUT2D eigenvalue weighted by atomic mass is 32.2. The van der Waals surface area contributed by atoms with Gasteiger partial charge in [0.1, 0.15) is 5.60 Å². The van der Waals surface area contributed by atoms with Crippen LogP contribution in [-0.4, -0.2) is 48.0 Å². The van der Waals surface area contributed by atoms with E-state index in [4.69, 9.17) is 4.74 Å². The predicted octanol–water partition coefficient (Wildman–Crippen LogP) is 3.85. The Balaban J connectivity index is 1.60. The van der Waals surface area contributed by atoms with Crippen molar-refractivity contribution in [3.05, 3.63) is 29.3 Å². The minimum absolute atomic E-state index is 0.167. The summed E-state index contributed by atoms with van der Waals surface area (Å²) in [5, 5.41) is 0. The quantitative estimate of drug-likeness (QED) is 0.714. The fraction of sp³-hybridized carbons (Fsp3) is 0.632. The molecule has 1 fully saturated rings. The number of piperidine rings is 1. The van der Waals surface area contributed by atoms with Gasteiger partial charge in [-0.1, -0.05) is 18.2 Å². The van der Waals surface area contributed by atoms with Crippen molar-refractivity contribution in [1.82, 2.24) is 4.90 Å². The molecule has 3 aliphatic rings. The van der Waals surface area contributed by atoms with Crippen LogP contribution in [0.15, 0.2) is 18.2 Å². The van der Waals surface area contributed by atoms with Crippen molar-refractivity contribution in [2.45, 2.75) is 50.5 Å². The molecule has 0 unspecified atom stereocenters. The number of carbonyl (C=O) groups is 1. The van der Waals surface area contributed by atoms with Crippen LogP contribution in [0.5, 0.6) is 0 Å². The number of benzene rings is 1.